The standard InChI is InChI=1S/C30H41N3S.C3H5.6FH.Pd.Sb/c1-24(2)30(34-27-16-10-5-11-17-27)22-31-20-21-32(23-31)33-28(25-12-6-3-7-13-25)18-19-29(33)26-14-8-4-9-15-26;1-3-2;;;;;;;;/h3-4,6-9,12-15,20-21,24,27-30H,5,10-11,16-19,22-23H2,1-2H3;3H,1-2H2;6*1H;;/q;;;;;;;;+2;+5/p-6/t28-,29-,30-;;;;;;;;;/m0........./s1. The normalized spacial score (nSPS) is 22.8. The van der Waals surface area contributed by atoms with Crippen LogP contribution in [0.3, 0.4) is 0 Å². The first-order chi connectivity index (χ1) is 20.6. The molecule has 2 aromatic carbocycles. The Morgan fingerprint density at radius 1 is 0.778 bits per heavy atom. The Morgan fingerprint density at radius 2 is 1.22 bits per heavy atom. The first kappa shape index (κ1) is 40.3. The summed E-state index contributed by atoms with van der Waals surface area (Å²) in [5.74, 6) is 0.704. The van der Waals surface area contributed by atoms with Crippen LogP contribution < -0.4 is 0 Å². The fraction of sp³-hybridized carbons (Fsp3) is 0.485. The molecule has 2 aromatic rings. The largest absolute Gasteiger partial charge is 2.00 e. The van der Waals surface area contributed by atoms with Gasteiger partial charge >= 0.3 is 56.8 Å². The van der Waals surface area contributed by atoms with Gasteiger partial charge in [0.1, 0.15) is 6.67 Å². The summed E-state index contributed by atoms with van der Waals surface area (Å²) < 4.78 is 59.6. The molecule has 1 aliphatic carbocycles. The number of hydrazine groups is 1. The number of benzene rings is 2. The van der Waals surface area contributed by atoms with Gasteiger partial charge in [-0.3, -0.25) is 5.01 Å². The average molecular weight is 859 g/mol. The van der Waals surface area contributed by atoms with Crippen LogP contribution in [0, 0.1) is 26.2 Å². The minimum Gasteiger partial charge on any atom is 2.00 e. The number of rotatable bonds is 8. The van der Waals surface area contributed by atoms with E-state index in [0.29, 0.717) is 23.3 Å². The zero-order chi connectivity index (χ0) is 32.4. The number of halogens is 6. The van der Waals surface area contributed by atoms with E-state index in [4.69, 9.17) is 0 Å². The van der Waals surface area contributed by atoms with Gasteiger partial charge in [0, 0.05) is 29.4 Å². The summed E-state index contributed by atoms with van der Waals surface area (Å²) in [5, 5.41) is 6.73. The predicted octanol–water partition coefficient (Wildman–Crippen LogP) is 10.6. The maximum Gasteiger partial charge on any atom is 2.00 e. The Kier molecular flexibility index (Phi) is 15.2. The van der Waals surface area contributed by atoms with Crippen LogP contribution >= 0.6 is 11.8 Å². The quantitative estimate of drug-likeness (QED) is 0.193. The molecule has 0 unspecified atom stereocenters. The topological polar surface area (TPSA) is 9.72 Å². The van der Waals surface area contributed by atoms with E-state index in [1.54, 1.807) is 0 Å². The van der Waals surface area contributed by atoms with Gasteiger partial charge in [-0.1, -0.05) is 93.8 Å². The SMILES string of the molecule is CC(C)[C@H](CN1C=CN(N2[C@H](c3ccccc3)CC[C@H]2c2ccccc2)C1)SC1CCCCC1.[CH2][CH][CH2].[F][Sb-]([F])([F])([F])([F])[F].[Pd+2]. The van der Waals surface area contributed by atoms with Crippen molar-refractivity contribution in [2.24, 2.45) is 5.92 Å². The summed E-state index contributed by atoms with van der Waals surface area (Å²) in [6, 6.07) is 23.1. The first-order valence-corrected chi connectivity index (χ1v) is 22.0. The van der Waals surface area contributed by atoms with Crippen molar-refractivity contribution in [3.8, 4) is 0 Å². The van der Waals surface area contributed by atoms with Crippen molar-refractivity contribution in [1.82, 2.24) is 14.9 Å². The summed E-state index contributed by atoms with van der Waals surface area (Å²) >= 11 is -8.97. The monoisotopic (exact) mass is 857 g/mol. The van der Waals surface area contributed by atoms with Gasteiger partial charge in [0.2, 0.25) is 0 Å². The maximum atomic E-state index is 9.93. The molecule has 1 saturated carbocycles. The fourth-order valence-electron chi connectivity index (χ4n) is 5.96. The zero-order valence-corrected chi connectivity index (χ0v) is 30.9. The van der Waals surface area contributed by atoms with Crippen LogP contribution in [-0.4, -0.2) is 58.1 Å². The van der Waals surface area contributed by atoms with Gasteiger partial charge in [-0.15, -0.1) is 0 Å². The summed E-state index contributed by atoms with van der Waals surface area (Å²) in [7, 11) is 0. The van der Waals surface area contributed by atoms with E-state index in [1.807, 2.05) is 0 Å². The Balaban J connectivity index is 0.000000561. The van der Waals surface area contributed by atoms with Crippen molar-refractivity contribution in [3.05, 3.63) is 104 Å². The molecular weight excluding hydrogens is 813 g/mol. The Morgan fingerprint density at radius 3 is 1.64 bits per heavy atom. The second-order valence-corrected chi connectivity index (χ2v) is 18.9. The van der Waals surface area contributed by atoms with Gasteiger partial charge < -0.3 is 4.90 Å². The van der Waals surface area contributed by atoms with Crippen molar-refractivity contribution < 1.29 is 37.3 Å². The molecular formula is C33H46F6N3PdSSb+. The van der Waals surface area contributed by atoms with E-state index in [0.717, 1.165) is 18.5 Å². The van der Waals surface area contributed by atoms with Gasteiger partial charge in [0.15, 0.2) is 0 Å². The Hall–Kier alpha value is -0.849. The molecule has 2 fully saturated rings. The molecule has 3 nitrogen and oxygen atoms in total. The molecule has 2 aliphatic heterocycles. The van der Waals surface area contributed by atoms with Crippen molar-refractivity contribution in [3.63, 3.8) is 0 Å². The minimum atomic E-state index is -11.2. The summed E-state index contributed by atoms with van der Waals surface area (Å²) in [5.41, 5.74) is 2.86. The van der Waals surface area contributed by atoms with Crippen LogP contribution in [0.25, 0.3) is 0 Å². The molecule has 45 heavy (non-hydrogen) atoms. The minimum absolute atomic E-state index is 0. The molecule has 1 saturated heterocycles. The smallest absolute Gasteiger partial charge is 2.00 e. The first-order valence-electron chi connectivity index (χ1n) is 15.2. The molecule has 0 amide bonds. The van der Waals surface area contributed by atoms with E-state index in [2.05, 4.69) is 127 Å². The summed E-state index contributed by atoms with van der Waals surface area (Å²) in [6.45, 7) is 13.4. The van der Waals surface area contributed by atoms with E-state index in [-0.39, 0.29) is 20.4 Å². The molecule has 0 aromatic heterocycles. The number of hydrogen-bond acceptors (Lipinski definition) is 4. The van der Waals surface area contributed by atoms with Crippen LogP contribution in [0.1, 0.15) is 82.0 Å². The van der Waals surface area contributed by atoms with Crippen LogP contribution in [0.4, 0.5) is 16.9 Å². The predicted molar refractivity (Wildman–Crippen MR) is 172 cm³/mol. The Bertz CT molecular complexity index is 1090. The van der Waals surface area contributed by atoms with Crippen molar-refractivity contribution >= 4 is 31.2 Å². The Labute approximate surface area is 286 Å². The van der Waals surface area contributed by atoms with Gasteiger partial charge in [-0.25, -0.2) is 5.01 Å². The van der Waals surface area contributed by atoms with Gasteiger partial charge in [0.25, 0.3) is 0 Å². The number of thioether (sulfide) groups is 1. The fourth-order valence-corrected chi connectivity index (χ4v) is 7.65. The zero-order valence-electron chi connectivity index (χ0n) is 26.0. The third-order valence-corrected chi connectivity index (χ3v) is 9.77. The molecule has 0 spiro atoms. The summed E-state index contributed by atoms with van der Waals surface area (Å²) in [4.78, 5) is 2.56. The van der Waals surface area contributed by atoms with Crippen molar-refractivity contribution in [2.75, 3.05) is 13.2 Å². The maximum absolute atomic E-state index is 11.2. The molecule has 5 rings (SSSR count). The van der Waals surface area contributed by atoms with Crippen LogP contribution in [-0.2, 0) is 20.4 Å². The molecule has 0 bridgehead atoms. The van der Waals surface area contributed by atoms with Crippen molar-refractivity contribution in [2.45, 2.75) is 81.4 Å². The van der Waals surface area contributed by atoms with E-state index in [1.165, 1.54) is 62.5 Å². The van der Waals surface area contributed by atoms with Crippen LogP contribution in [0.5, 0.6) is 0 Å². The average Bonchev–Trinajstić information content (AvgIpc) is 3.60. The molecule has 255 valence electrons. The van der Waals surface area contributed by atoms with E-state index >= 15 is 0 Å². The third-order valence-electron chi connectivity index (χ3n) is 7.87. The molecule has 3 aliphatic rings. The molecule has 2 heterocycles. The second kappa shape index (κ2) is 17.0. The number of hydrogen-bond donors (Lipinski definition) is 0. The van der Waals surface area contributed by atoms with E-state index in [9.17, 15) is 16.9 Å². The molecule has 12 heteroatoms. The number of nitrogens with zero attached hydrogens (tertiary/aromatic N) is 3. The van der Waals surface area contributed by atoms with Crippen LogP contribution in [0.15, 0.2) is 73.1 Å². The molecule has 3 radical (unpaired) electrons. The van der Waals surface area contributed by atoms with Crippen molar-refractivity contribution in [1.29, 1.82) is 0 Å². The van der Waals surface area contributed by atoms with Gasteiger partial charge in [-0.2, -0.15) is 11.8 Å². The third kappa shape index (κ3) is 15.3. The molecule has 3 atom stereocenters. The second-order valence-electron chi connectivity index (χ2n) is 11.9. The van der Waals surface area contributed by atoms with Crippen LogP contribution in [0.2, 0.25) is 0 Å². The van der Waals surface area contributed by atoms with Gasteiger partial charge in [0.05, 0.1) is 12.1 Å². The van der Waals surface area contributed by atoms with Gasteiger partial charge in [-0.05, 0) is 63.0 Å². The van der Waals surface area contributed by atoms with E-state index < -0.39 is 19.5 Å². The summed E-state index contributed by atoms with van der Waals surface area (Å²) in [6.07, 6.45) is 15.7. The molecule has 0 N–H and O–H groups in total.